The molecule has 2 saturated heterocycles. The van der Waals surface area contributed by atoms with Gasteiger partial charge in [0.15, 0.2) is 0 Å². The lowest BCUT2D eigenvalue weighted by molar-refractivity contribution is -0.159. The molecule has 2 aliphatic rings. The highest BCUT2D eigenvalue weighted by Gasteiger charge is 2.54. The van der Waals surface area contributed by atoms with Gasteiger partial charge in [0.2, 0.25) is 0 Å². The maximum atomic E-state index is 11.8. The topological polar surface area (TPSA) is 67.6 Å². The molecule has 2 fully saturated rings. The first-order valence-corrected chi connectivity index (χ1v) is 7.46. The lowest BCUT2D eigenvalue weighted by Gasteiger charge is -2.34. The Bertz CT molecular complexity index is 569. The minimum absolute atomic E-state index is 0.186. The molecular weight excluding hydrogens is 270 g/mol. The molecule has 0 amide bonds. The molecule has 1 N–H and O–H groups in total. The number of aryl methyl sites for hydroxylation is 1. The second-order valence-electron chi connectivity index (χ2n) is 6.43. The van der Waals surface area contributed by atoms with Crippen molar-refractivity contribution in [1.82, 2.24) is 14.5 Å². The molecule has 0 spiro atoms. The Kier molecular flexibility index (Phi) is 3.53. The summed E-state index contributed by atoms with van der Waals surface area (Å²) in [5, 5.41) is 9.66. The van der Waals surface area contributed by atoms with Crippen molar-refractivity contribution in [3.05, 3.63) is 17.2 Å². The van der Waals surface area contributed by atoms with Crippen molar-refractivity contribution in [2.24, 2.45) is 18.4 Å². The van der Waals surface area contributed by atoms with Crippen molar-refractivity contribution >= 4 is 5.97 Å². The predicted octanol–water partition coefficient (Wildman–Crippen LogP) is 0.960. The number of fused-ring (bicyclic) bond motifs is 1. The Morgan fingerprint density at radius 2 is 2.29 bits per heavy atom. The van der Waals surface area contributed by atoms with Crippen LogP contribution >= 0.6 is 0 Å². The summed E-state index contributed by atoms with van der Waals surface area (Å²) in [6.45, 7) is 7.16. The van der Waals surface area contributed by atoms with Gasteiger partial charge in [0.25, 0.3) is 0 Å². The minimum Gasteiger partial charge on any atom is -0.481 e. The normalized spacial score (nSPS) is 29.6. The molecule has 116 valence electrons. The van der Waals surface area contributed by atoms with E-state index in [1.165, 1.54) is 0 Å². The first-order valence-electron chi connectivity index (χ1n) is 7.46. The van der Waals surface area contributed by atoms with Gasteiger partial charge in [0.1, 0.15) is 11.2 Å². The SMILES string of the molecule is Cc1nc(CN2C[C@@H]3CCOC[C@]3(C(=O)O)C2)n(C)c1C. The third-order valence-corrected chi connectivity index (χ3v) is 5.24. The van der Waals surface area contributed by atoms with E-state index < -0.39 is 11.4 Å². The van der Waals surface area contributed by atoms with E-state index in [2.05, 4.69) is 21.4 Å². The average molecular weight is 293 g/mol. The monoisotopic (exact) mass is 293 g/mol. The zero-order valence-electron chi connectivity index (χ0n) is 12.9. The number of aliphatic carboxylic acids is 1. The third-order valence-electron chi connectivity index (χ3n) is 5.24. The molecule has 6 nitrogen and oxygen atoms in total. The van der Waals surface area contributed by atoms with Gasteiger partial charge in [-0.2, -0.15) is 0 Å². The summed E-state index contributed by atoms with van der Waals surface area (Å²) in [6.07, 6.45) is 0.835. The second kappa shape index (κ2) is 5.10. The van der Waals surface area contributed by atoms with Crippen LogP contribution in [-0.4, -0.2) is 51.8 Å². The maximum absolute atomic E-state index is 11.8. The first kappa shape index (κ1) is 14.5. The molecule has 3 rings (SSSR count). The third kappa shape index (κ3) is 2.26. The van der Waals surface area contributed by atoms with E-state index in [9.17, 15) is 9.90 Å². The Morgan fingerprint density at radius 3 is 2.86 bits per heavy atom. The van der Waals surface area contributed by atoms with Crippen LogP contribution in [0.3, 0.4) is 0 Å². The molecule has 1 aromatic rings. The van der Waals surface area contributed by atoms with E-state index in [-0.39, 0.29) is 5.92 Å². The van der Waals surface area contributed by atoms with E-state index in [1.807, 2.05) is 14.0 Å². The van der Waals surface area contributed by atoms with E-state index in [0.717, 1.165) is 30.2 Å². The molecule has 0 aromatic carbocycles. The van der Waals surface area contributed by atoms with E-state index in [4.69, 9.17) is 4.74 Å². The summed E-state index contributed by atoms with van der Waals surface area (Å²) in [6, 6.07) is 0. The number of carbonyl (C=O) groups is 1. The van der Waals surface area contributed by atoms with Crippen LogP contribution in [0.1, 0.15) is 23.6 Å². The van der Waals surface area contributed by atoms with Crippen molar-refractivity contribution < 1.29 is 14.6 Å². The number of carboxylic acids is 1. The summed E-state index contributed by atoms with van der Waals surface area (Å²) < 4.78 is 7.56. The molecule has 0 unspecified atom stereocenters. The highest BCUT2D eigenvalue weighted by Crippen LogP contribution is 2.42. The number of carboxylic acid groups (broad SMARTS) is 1. The molecule has 0 aliphatic carbocycles. The standard InChI is InChI=1S/C15H23N3O3/c1-10-11(2)17(3)13(16-10)7-18-6-12-4-5-21-9-15(12,8-18)14(19)20/h12H,4-9H2,1-3H3,(H,19,20)/t12-,15+/m0/s1. The Hall–Kier alpha value is -1.40. The molecule has 2 atom stereocenters. The second-order valence-corrected chi connectivity index (χ2v) is 6.43. The van der Waals surface area contributed by atoms with Gasteiger partial charge in [0, 0.05) is 32.4 Å². The van der Waals surface area contributed by atoms with Gasteiger partial charge in [-0.1, -0.05) is 0 Å². The van der Waals surface area contributed by atoms with Gasteiger partial charge in [-0.05, 0) is 26.2 Å². The van der Waals surface area contributed by atoms with Crippen LogP contribution in [0.15, 0.2) is 0 Å². The molecule has 6 heteroatoms. The van der Waals surface area contributed by atoms with Gasteiger partial charge in [-0.25, -0.2) is 4.98 Å². The summed E-state index contributed by atoms with van der Waals surface area (Å²) in [5.74, 6) is 0.471. The van der Waals surface area contributed by atoms with Gasteiger partial charge >= 0.3 is 5.97 Å². The van der Waals surface area contributed by atoms with Gasteiger partial charge < -0.3 is 14.4 Å². The molecule has 0 radical (unpaired) electrons. The quantitative estimate of drug-likeness (QED) is 0.899. The fraction of sp³-hybridized carbons (Fsp3) is 0.733. The van der Waals surface area contributed by atoms with Crippen LogP contribution in [0, 0.1) is 25.2 Å². The number of imidazole rings is 1. The maximum Gasteiger partial charge on any atom is 0.313 e. The van der Waals surface area contributed by atoms with Crippen LogP contribution < -0.4 is 0 Å². The van der Waals surface area contributed by atoms with Crippen molar-refractivity contribution in [2.45, 2.75) is 26.8 Å². The molecule has 21 heavy (non-hydrogen) atoms. The molecule has 2 aliphatic heterocycles. The zero-order valence-corrected chi connectivity index (χ0v) is 12.9. The largest absolute Gasteiger partial charge is 0.481 e. The highest BCUT2D eigenvalue weighted by atomic mass is 16.5. The highest BCUT2D eigenvalue weighted by molar-refractivity contribution is 5.76. The van der Waals surface area contributed by atoms with Crippen LogP contribution in [-0.2, 0) is 23.1 Å². The summed E-state index contributed by atoms with van der Waals surface area (Å²) in [5.41, 5.74) is 1.48. The van der Waals surface area contributed by atoms with Crippen LogP contribution in [0.4, 0.5) is 0 Å². The summed E-state index contributed by atoms with van der Waals surface area (Å²) >= 11 is 0. The molecule has 0 bridgehead atoms. The molecule has 1 aromatic heterocycles. The minimum atomic E-state index is -0.729. The molecule has 0 saturated carbocycles. The summed E-state index contributed by atoms with van der Waals surface area (Å²) in [4.78, 5) is 18.6. The fourth-order valence-corrected chi connectivity index (χ4v) is 3.64. The number of ether oxygens (including phenoxy) is 1. The fourth-order valence-electron chi connectivity index (χ4n) is 3.64. The average Bonchev–Trinajstić information content (AvgIpc) is 2.93. The van der Waals surface area contributed by atoms with Gasteiger partial charge in [-0.15, -0.1) is 0 Å². The Balaban J connectivity index is 1.79. The molecular formula is C15H23N3O3. The zero-order chi connectivity index (χ0) is 15.2. The predicted molar refractivity (Wildman–Crippen MR) is 77.0 cm³/mol. The summed E-state index contributed by atoms with van der Waals surface area (Å²) in [7, 11) is 2.02. The first-order chi connectivity index (χ1) is 9.94. The number of hydrogen-bond donors (Lipinski definition) is 1. The number of rotatable bonds is 3. The number of likely N-dealkylation sites (tertiary alicyclic amines) is 1. The number of nitrogens with zero attached hydrogens (tertiary/aromatic N) is 3. The van der Waals surface area contributed by atoms with Crippen molar-refractivity contribution in [3.63, 3.8) is 0 Å². The van der Waals surface area contributed by atoms with Crippen LogP contribution in [0.25, 0.3) is 0 Å². The van der Waals surface area contributed by atoms with Crippen LogP contribution in [0.2, 0.25) is 0 Å². The van der Waals surface area contributed by atoms with Crippen LogP contribution in [0.5, 0.6) is 0 Å². The van der Waals surface area contributed by atoms with E-state index >= 15 is 0 Å². The van der Waals surface area contributed by atoms with Gasteiger partial charge in [0.05, 0.1) is 18.8 Å². The lowest BCUT2D eigenvalue weighted by Crippen LogP contribution is -2.46. The lowest BCUT2D eigenvalue weighted by atomic mass is 9.76. The van der Waals surface area contributed by atoms with Gasteiger partial charge in [-0.3, -0.25) is 9.69 Å². The van der Waals surface area contributed by atoms with E-state index in [0.29, 0.717) is 26.3 Å². The number of hydrogen-bond acceptors (Lipinski definition) is 4. The smallest absolute Gasteiger partial charge is 0.313 e. The van der Waals surface area contributed by atoms with Crippen molar-refractivity contribution in [2.75, 3.05) is 26.3 Å². The number of aromatic nitrogens is 2. The van der Waals surface area contributed by atoms with Crippen molar-refractivity contribution in [3.8, 4) is 0 Å². The molecule has 3 heterocycles. The Labute approximate surface area is 124 Å². The Morgan fingerprint density at radius 1 is 1.52 bits per heavy atom. The van der Waals surface area contributed by atoms with E-state index in [1.54, 1.807) is 0 Å². The van der Waals surface area contributed by atoms with Crippen molar-refractivity contribution in [1.29, 1.82) is 0 Å².